The van der Waals surface area contributed by atoms with Gasteiger partial charge in [-0.2, -0.15) is 5.10 Å². The minimum absolute atomic E-state index is 0.266. The maximum Gasteiger partial charge on any atom is 0.0624 e. The van der Waals surface area contributed by atoms with Gasteiger partial charge in [-0.1, -0.05) is 20.8 Å². The number of nitrogens with zero attached hydrogens (tertiary/aromatic N) is 2. The molecule has 0 fully saturated rings. The van der Waals surface area contributed by atoms with Crippen LogP contribution in [0.2, 0.25) is 0 Å². The van der Waals surface area contributed by atoms with Crippen LogP contribution in [0.25, 0.3) is 0 Å². The molecule has 0 aliphatic carbocycles. The molecule has 1 heterocycles. The van der Waals surface area contributed by atoms with Crippen molar-refractivity contribution in [3.8, 4) is 0 Å². The van der Waals surface area contributed by atoms with Crippen molar-refractivity contribution >= 4 is 0 Å². The standard InChI is InChI=1S/C13H25N3/c1-5-12-9-13(16(4)15-12)8-11(14)7-6-10(2)3/h9-11H,5-8,14H2,1-4H3. The highest BCUT2D eigenvalue weighted by Crippen LogP contribution is 2.11. The van der Waals surface area contributed by atoms with E-state index in [0.717, 1.165) is 30.9 Å². The predicted molar refractivity (Wildman–Crippen MR) is 68.3 cm³/mol. The fourth-order valence-electron chi connectivity index (χ4n) is 1.85. The lowest BCUT2D eigenvalue weighted by Gasteiger charge is -2.12. The zero-order valence-corrected chi connectivity index (χ0v) is 11.0. The average Bonchev–Trinajstić information content (AvgIpc) is 2.57. The maximum absolute atomic E-state index is 6.13. The smallest absolute Gasteiger partial charge is 0.0624 e. The van der Waals surface area contributed by atoms with Crippen LogP contribution in [0.3, 0.4) is 0 Å². The molecule has 1 atom stereocenters. The Bertz CT molecular complexity index is 315. The highest BCUT2D eigenvalue weighted by atomic mass is 15.3. The van der Waals surface area contributed by atoms with Crippen LogP contribution in [0, 0.1) is 5.92 Å². The molecule has 1 aromatic heterocycles. The zero-order valence-electron chi connectivity index (χ0n) is 11.0. The number of hydrogen-bond acceptors (Lipinski definition) is 2. The van der Waals surface area contributed by atoms with Gasteiger partial charge >= 0.3 is 0 Å². The van der Waals surface area contributed by atoms with Crippen LogP contribution in [0.4, 0.5) is 0 Å². The highest BCUT2D eigenvalue weighted by molar-refractivity contribution is 5.11. The Labute approximate surface area is 99.0 Å². The lowest BCUT2D eigenvalue weighted by Crippen LogP contribution is -2.24. The first kappa shape index (κ1) is 13.2. The minimum atomic E-state index is 0.266. The summed E-state index contributed by atoms with van der Waals surface area (Å²) in [6, 6.07) is 2.44. The zero-order chi connectivity index (χ0) is 12.1. The molecule has 2 N–H and O–H groups in total. The topological polar surface area (TPSA) is 43.8 Å². The second-order valence-electron chi connectivity index (χ2n) is 5.04. The molecule has 0 saturated heterocycles. The number of nitrogens with two attached hydrogens (primary N) is 1. The number of aryl methyl sites for hydroxylation is 2. The summed E-state index contributed by atoms with van der Waals surface area (Å²) >= 11 is 0. The van der Waals surface area contributed by atoms with Gasteiger partial charge in [0.25, 0.3) is 0 Å². The Balaban J connectivity index is 2.48. The molecule has 0 saturated carbocycles. The second-order valence-corrected chi connectivity index (χ2v) is 5.04. The van der Waals surface area contributed by atoms with Gasteiger partial charge in [0.05, 0.1) is 5.69 Å². The van der Waals surface area contributed by atoms with E-state index in [-0.39, 0.29) is 6.04 Å². The van der Waals surface area contributed by atoms with E-state index in [1.54, 1.807) is 0 Å². The summed E-state index contributed by atoms with van der Waals surface area (Å²) in [4.78, 5) is 0. The van der Waals surface area contributed by atoms with Crippen molar-refractivity contribution < 1.29 is 0 Å². The van der Waals surface area contributed by atoms with E-state index in [0.29, 0.717) is 0 Å². The molecular formula is C13H25N3. The van der Waals surface area contributed by atoms with Crippen molar-refractivity contribution in [3.05, 3.63) is 17.5 Å². The quantitative estimate of drug-likeness (QED) is 0.804. The normalized spacial score (nSPS) is 13.4. The molecule has 1 aromatic rings. The summed E-state index contributed by atoms with van der Waals surface area (Å²) in [6.07, 6.45) is 4.25. The van der Waals surface area contributed by atoms with Gasteiger partial charge in [-0.05, 0) is 31.2 Å². The third-order valence-electron chi connectivity index (χ3n) is 2.98. The first-order valence-corrected chi connectivity index (χ1v) is 6.30. The van der Waals surface area contributed by atoms with Crippen LogP contribution >= 0.6 is 0 Å². The molecule has 0 aliphatic rings. The summed E-state index contributed by atoms with van der Waals surface area (Å²) in [5.41, 5.74) is 8.55. The molecule has 0 aromatic carbocycles. The molecule has 0 bridgehead atoms. The van der Waals surface area contributed by atoms with E-state index in [1.165, 1.54) is 12.1 Å². The molecule has 0 aliphatic heterocycles. The molecule has 1 rings (SSSR count). The molecule has 3 nitrogen and oxygen atoms in total. The monoisotopic (exact) mass is 223 g/mol. The van der Waals surface area contributed by atoms with E-state index in [9.17, 15) is 0 Å². The van der Waals surface area contributed by atoms with Crippen molar-refractivity contribution in [2.45, 2.75) is 52.5 Å². The van der Waals surface area contributed by atoms with Gasteiger partial charge in [0.2, 0.25) is 0 Å². The van der Waals surface area contributed by atoms with Crippen molar-refractivity contribution in [3.63, 3.8) is 0 Å². The molecular weight excluding hydrogens is 198 g/mol. The number of rotatable bonds is 6. The molecule has 0 spiro atoms. The van der Waals surface area contributed by atoms with Gasteiger partial charge in [-0.15, -0.1) is 0 Å². The van der Waals surface area contributed by atoms with E-state index < -0.39 is 0 Å². The van der Waals surface area contributed by atoms with Crippen LogP contribution in [0.15, 0.2) is 6.07 Å². The lowest BCUT2D eigenvalue weighted by molar-refractivity contribution is 0.486. The molecule has 3 heteroatoms. The maximum atomic E-state index is 6.13. The Morgan fingerprint density at radius 3 is 2.56 bits per heavy atom. The summed E-state index contributed by atoms with van der Waals surface area (Å²) in [7, 11) is 2.00. The molecule has 16 heavy (non-hydrogen) atoms. The summed E-state index contributed by atoms with van der Waals surface area (Å²) in [5.74, 6) is 0.740. The van der Waals surface area contributed by atoms with Crippen molar-refractivity contribution in [1.29, 1.82) is 0 Å². The Hall–Kier alpha value is -0.830. The molecule has 0 radical (unpaired) electrons. The minimum Gasteiger partial charge on any atom is -0.327 e. The molecule has 1 unspecified atom stereocenters. The van der Waals surface area contributed by atoms with Crippen LogP contribution in [0.5, 0.6) is 0 Å². The van der Waals surface area contributed by atoms with Crippen LogP contribution in [-0.4, -0.2) is 15.8 Å². The summed E-state index contributed by atoms with van der Waals surface area (Å²) in [6.45, 7) is 6.61. The van der Waals surface area contributed by atoms with Crippen molar-refractivity contribution in [1.82, 2.24) is 9.78 Å². The average molecular weight is 223 g/mol. The fourth-order valence-corrected chi connectivity index (χ4v) is 1.85. The van der Waals surface area contributed by atoms with Gasteiger partial charge in [-0.25, -0.2) is 0 Å². The van der Waals surface area contributed by atoms with E-state index in [4.69, 9.17) is 5.73 Å². The highest BCUT2D eigenvalue weighted by Gasteiger charge is 2.09. The van der Waals surface area contributed by atoms with E-state index in [1.807, 2.05) is 11.7 Å². The van der Waals surface area contributed by atoms with Crippen LogP contribution in [0.1, 0.15) is 45.0 Å². The fraction of sp³-hybridized carbons (Fsp3) is 0.769. The van der Waals surface area contributed by atoms with Crippen molar-refractivity contribution in [2.75, 3.05) is 0 Å². The third kappa shape index (κ3) is 3.97. The summed E-state index contributed by atoms with van der Waals surface area (Å²) < 4.78 is 1.97. The Kier molecular flexibility index (Phi) is 5.00. The lowest BCUT2D eigenvalue weighted by atomic mass is 10.0. The molecule has 92 valence electrons. The Morgan fingerprint density at radius 2 is 2.06 bits per heavy atom. The SMILES string of the molecule is CCc1cc(CC(N)CCC(C)C)n(C)n1. The summed E-state index contributed by atoms with van der Waals surface area (Å²) in [5, 5.41) is 4.44. The van der Waals surface area contributed by atoms with Gasteiger partial charge in [0, 0.05) is 25.2 Å². The van der Waals surface area contributed by atoms with Gasteiger partial charge in [-0.3, -0.25) is 4.68 Å². The first-order valence-electron chi connectivity index (χ1n) is 6.30. The predicted octanol–water partition coefficient (Wildman–Crippen LogP) is 2.29. The molecule has 0 amide bonds. The number of aromatic nitrogens is 2. The van der Waals surface area contributed by atoms with E-state index in [2.05, 4.69) is 31.9 Å². The van der Waals surface area contributed by atoms with E-state index >= 15 is 0 Å². The van der Waals surface area contributed by atoms with Gasteiger partial charge < -0.3 is 5.73 Å². The third-order valence-corrected chi connectivity index (χ3v) is 2.98. The second kappa shape index (κ2) is 6.04. The largest absolute Gasteiger partial charge is 0.327 e. The van der Waals surface area contributed by atoms with Gasteiger partial charge in [0.1, 0.15) is 0 Å². The van der Waals surface area contributed by atoms with Gasteiger partial charge in [0.15, 0.2) is 0 Å². The number of hydrogen-bond donors (Lipinski definition) is 1. The van der Waals surface area contributed by atoms with Crippen LogP contribution < -0.4 is 5.73 Å². The Morgan fingerprint density at radius 1 is 1.38 bits per heavy atom. The first-order chi connectivity index (χ1) is 7.52. The van der Waals surface area contributed by atoms with Crippen LogP contribution in [-0.2, 0) is 19.9 Å². The van der Waals surface area contributed by atoms with Crippen molar-refractivity contribution in [2.24, 2.45) is 18.7 Å².